The summed E-state index contributed by atoms with van der Waals surface area (Å²) in [4.78, 5) is 55.2. The normalized spacial score (nSPS) is 15.4. The molecule has 1 aliphatic carbocycles. The molecule has 2 aliphatic rings. The first-order valence-corrected chi connectivity index (χ1v) is 17.4. The van der Waals surface area contributed by atoms with E-state index in [1.807, 2.05) is 66.7 Å². The molecule has 3 N–H and O–H groups in total. The van der Waals surface area contributed by atoms with Crippen LogP contribution in [0.5, 0.6) is 0 Å². The number of benzene rings is 4. The molecule has 1 aromatic heterocycles. The van der Waals surface area contributed by atoms with Gasteiger partial charge in [0.05, 0.1) is 34.5 Å². The van der Waals surface area contributed by atoms with Gasteiger partial charge < -0.3 is 30.0 Å². The third-order valence-corrected chi connectivity index (χ3v) is 10.1. The molecular weight excluding hydrogens is 691 g/mol. The third-order valence-electron chi connectivity index (χ3n) is 9.34. The van der Waals surface area contributed by atoms with E-state index in [0.717, 1.165) is 29.4 Å². The van der Waals surface area contributed by atoms with Gasteiger partial charge in [0.2, 0.25) is 0 Å². The average molecular weight is 726 g/mol. The highest BCUT2D eigenvalue weighted by Gasteiger charge is 2.31. The molecule has 0 saturated heterocycles. The number of fused-ring (bicyclic) bond motifs is 3. The fraction of sp³-hybridized carbons (Fsp3) is 0.231. The average Bonchev–Trinajstić information content (AvgIpc) is 3.79. The molecule has 0 bridgehead atoms. The zero-order valence-electron chi connectivity index (χ0n) is 27.4. The fourth-order valence-corrected chi connectivity index (χ4v) is 7.43. The predicted molar refractivity (Wildman–Crippen MR) is 193 cm³/mol. The van der Waals surface area contributed by atoms with E-state index < -0.39 is 23.9 Å². The number of rotatable bonds is 9. The topological polar surface area (TPSA) is 130 Å². The molecular formula is C39H34Cl2N4O6. The molecule has 0 spiro atoms. The molecule has 0 radical (unpaired) electrons. The lowest BCUT2D eigenvalue weighted by atomic mass is 9.96. The van der Waals surface area contributed by atoms with Crippen LogP contribution in [0.1, 0.15) is 61.0 Å². The van der Waals surface area contributed by atoms with Crippen molar-refractivity contribution >= 4 is 58.0 Å². The zero-order valence-corrected chi connectivity index (χ0v) is 28.9. The van der Waals surface area contributed by atoms with E-state index in [-0.39, 0.29) is 47.3 Å². The van der Waals surface area contributed by atoms with Crippen LogP contribution in [0, 0.1) is 0 Å². The number of ether oxygens (including phenoxy) is 1. The number of furan rings is 1. The minimum absolute atomic E-state index is 0.00648. The summed E-state index contributed by atoms with van der Waals surface area (Å²) in [5, 5.41) is 9.47. The van der Waals surface area contributed by atoms with Gasteiger partial charge in [-0.2, -0.15) is 0 Å². The van der Waals surface area contributed by atoms with Crippen LogP contribution in [0.25, 0.3) is 11.0 Å². The van der Waals surface area contributed by atoms with Gasteiger partial charge in [-0.25, -0.2) is 9.59 Å². The minimum Gasteiger partial charge on any atom is -0.464 e. The first kappa shape index (κ1) is 34.1. The van der Waals surface area contributed by atoms with Gasteiger partial charge in [-0.3, -0.25) is 9.59 Å². The number of urea groups is 1. The molecule has 2 atom stereocenters. The van der Waals surface area contributed by atoms with Gasteiger partial charge in [-0.1, -0.05) is 83.9 Å². The largest absolute Gasteiger partial charge is 0.464 e. The number of aryl methyl sites for hydroxylation is 1. The van der Waals surface area contributed by atoms with Crippen molar-refractivity contribution in [2.24, 2.45) is 0 Å². The Balaban J connectivity index is 1.05. The molecule has 51 heavy (non-hydrogen) atoms. The van der Waals surface area contributed by atoms with Crippen LogP contribution in [0.3, 0.4) is 0 Å². The van der Waals surface area contributed by atoms with Crippen molar-refractivity contribution < 1.29 is 28.3 Å². The van der Waals surface area contributed by atoms with Gasteiger partial charge in [-0.15, -0.1) is 0 Å². The number of hydrogen-bond acceptors (Lipinski definition) is 6. The summed E-state index contributed by atoms with van der Waals surface area (Å²) >= 11 is 13.5. The molecule has 5 aromatic rings. The number of carbonyl (C=O) groups excluding carboxylic acids is 4. The number of esters is 1. The van der Waals surface area contributed by atoms with Crippen molar-refractivity contribution in [3.63, 3.8) is 0 Å². The van der Waals surface area contributed by atoms with E-state index in [4.69, 9.17) is 32.4 Å². The van der Waals surface area contributed by atoms with Crippen molar-refractivity contribution in [3.8, 4) is 0 Å². The maximum atomic E-state index is 13.8. The van der Waals surface area contributed by atoms with Crippen molar-refractivity contribution in [2.45, 2.75) is 44.5 Å². The number of amides is 4. The Hall–Kier alpha value is -5.32. The second-order valence-electron chi connectivity index (χ2n) is 12.6. The SMILES string of the molecule is O=C(NC[C@H](NC(=O)c1c(Cl)cc2c(c1Cl)CCN(C(=O)c1ccc3ccoc3c1)C2)C(=O)OCc1ccccc1)N[C@@H]1CCc2ccccc21. The van der Waals surface area contributed by atoms with Crippen molar-refractivity contribution in [3.05, 3.63) is 140 Å². The maximum Gasteiger partial charge on any atom is 0.330 e. The van der Waals surface area contributed by atoms with E-state index in [1.165, 1.54) is 5.56 Å². The van der Waals surface area contributed by atoms with E-state index in [0.29, 0.717) is 35.2 Å². The van der Waals surface area contributed by atoms with E-state index in [1.54, 1.807) is 29.4 Å². The van der Waals surface area contributed by atoms with E-state index in [9.17, 15) is 19.2 Å². The molecule has 4 aromatic carbocycles. The Labute approximate surface area is 304 Å². The summed E-state index contributed by atoms with van der Waals surface area (Å²) < 4.78 is 11.0. The highest BCUT2D eigenvalue weighted by atomic mass is 35.5. The molecule has 2 heterocycles. The Bertz CT molecular complexity index is 2140. The van der Waals surface area contributed by atoms with Gasteiger partial charge in [0.1, 0.15) is 18.2 Å². The molecule has 10 nitrogen and oxygen atoms in total. The number of halogens is 2. The minimum atomic E-state index is -1.26. The zero-order chi connectivity index (χ0) is 35.5. The second-order valence-corrected chi connectivity index (χ2v) is 13.4. The van der Waals surface area contributed by atoms with Gasteiger partial charge in [0, 0.05) is 24.0 Å². The summed E-state index contributed by atoms with van der Waals surface area (Å²) in [5.41, 5.74) is 5.51. The van der Waals surface area contributed by atoms with Crippen LogP contribution < -0.4 is 16.0 Å². The predicted octanol–water partition coefficient (Wildman–Crippen LogP) is 6.77. The van der Waals surface area contributed by atoms with Gasteiger partial charge in [0.25, 0.3) is 11.8 Å². The van der Waals surface area contributed by atoms with Gasteiger partial charge in [0.15, 0.2) is 0 Å². The van der Waals surface area contributed by atoms with Gasteiger partial charge >= 0.3 is 12.0 Å². The Morgan fingerprint density at radius 2 is 1.73 bits per heavy atom. The van der Waals surface area contributed by atoms with E-state index in [2.05, 4.69) is 16.0 Å². The molecule has 0 unspecified atom stereocenters. The van der Waals surface area contributed by atoms with Crippen LogP contribution >= 0.6 is 23.2 Å². The molecule has 4 amide bonds. The van der Waals surface area contributed by atoms with Crippen LogP contribution in [0.4, 0.5) is 4.79 Å². The smallest absolute Gasteiger partial charge is 0.330 e. The van der Waals surface area contributed by atoms with Gasteiger partial charge in [-0.05, 0) is 71.3 Å². The first-order valence-electron chi connectivity index (χ1n) is 16.6. The van der Waals surface area contributed by atoms with Crippen LogP contribution in [-0.2, 0) is 35.5 Å². The Morgan fingerprint density at radius 1 is 0.922 bits per heavy atom. The number of carbonyl (C=O) groups is 4. The quantitative estimate of drug-likeness (QED) is 0.144. The molecule has 12 heteroatoms. The standard InChI is InChI=1S/C39H34Cl2N4O6/c40-30-18-27-21-45(37(47)26-11-10-25-15-17-50-33(25)19-26)16-14-29(27)35(41)34(30)36(46)43-32(38(48)51-22-23-6-2-1-3-7-23)20-42-39(49)44-31-13-12-24-8-4-5-9-28(24)31/h1-11,15,17-19,31-32H,12-14,16,20-22H2,(H,43,46)(H2,42,44,49)/t31-,32+/m1/s1. The number of hydrogen-bond donors (Lipinski definition) is 3. The highest BCUT2D eigenvalue weighted by molar-refractivity contribution is 6.40. The van der Waals surface area contributed by atoms with E-state index >= 15 is 0 Å². The molecule has 0 fully saturated rings. The molecule has 260 valence electrons. The van der Waals surface area contributed by atoms with Crippen molar-refractivity contribution in [1.29, 1.82) is 0 Å². The Kier molecular flexibility index (Phi) is 9.96. The summed E-state index contributed by atoms with van der Waals surface area (Å²) in [6.45, 7) is 0.330. The lowest BCUT2D eigenvalue weighted by Gasteiger charge is -2.30. The second kappa shape index (κ2) is 14.9. The summed E-state index contributed by atoms with van der Waals surface area (Å²) in [6.07, 6.45) is 3.57. The highest BCUT2D eigenvalue weighted by Crippen LogP contribution is 2.35. The lowest BCUT2D eigenvalue weighted by molar-refractivity contribution is -0.147. The summed E-state index contributed by atoms with van der Waals surface area (Å²) in [6, 6.07) is 23.9. The molecule has 7 rings (SSSR count). The third kappa shape index (κ3) is 7.43. The summed E-state index contributed by atoms with van der Waals surface area (Å²) in [5.74, 6) is -1.61. The fourth-order valence-electron chi connectivity index (χ4n) is 6.67. The van der Waals surface area contributed by atoms with Crippen LogP contribution in [0.15, 0.2) is 95.6 Å². The molecule has 0 saturated carbocycles. The monoisotopic (exact) mass is 724 g/mol. The maximum absolute atomic E-state index is 13.8. The summed E-state index contributed by atoms with van der Waals surface area (Å²) in [7, 11) is 0. The number of nitrogens with one attached hydrogen (secondary N) is 3. The van der Waals surface area contributed by atoms with Crippen LogP contribution in [0.2, 0.25) is 10.0 Å². The number of nitrogens with zero attached hydrogens (tertiary/aromatic N) is 1. The van der Waals surface area contributed by atoms with Crippen molar-refractivity contribution in [2.75, 3.05) is 13.1 Å². The first-order chi connectivity index (χ1) is 24.7. The lowest BCUT2D eigenvalue weighted by Crippen LogP contribution is -2.51. The Morgan fingerprint density at radius 3 is 2.57 bits per heavy atom. The van der Waals surface area contributed by atoms with Crippen LogP contribution in [-0.4, -0.2) is 47.8 Å². The molecule has 1 aliphatic heterocycles. The van der Waals surface area contributed by atoms with Crippen molar-refractivity contribution in [1.82, 2.24) is 20.9 Å².